The fourth-order valence-corrected chi connectivity index (χ4v) is 1.94. The Morgan fingerprint density at radius 2 is 2.05 bits per heavy atom. The van der Waals surface area contributed by atoms with E-state index in [4.69, 9.17) is 14.6 Å². The van der Waals surface area contributed by atoms with Crippen molar-refractivity contribution in [3.05, 3.63) is 29.8 Å². The van der Waals surface area contributed by atoms with Crippen LogP contribution in [0.25, 0.3) is 0 Å². The number of hydrogen-bond acceptors (Lipinski definition) is 5. The lowest BCUT2D eigenvalue weighted by atomic mass is 10.1. The van der Waals surface area contributed by atoms with Gasteiger partial charge in [0.15, 0.2) is 0 Å². The molecule has 0 saturated heterocycles. The van der Waals surface area contributed by atoms with Crippen LogP contribution in [0.15, 0.2) is 24.3 Å². The number of methoxy groups -OCH3 is 1. The van der Waals surface area contributed by atoms with Crippen molar-refractivity contribution in [1.29, 1.82) is 0 Å². The quantitative estimate of drug-likeness (QED) is 0.691. The third kappa shape index (κ3) is 6.11. The summed E-state index contributed by atoms with van der Waals surface area (Å²) in [5.74, 6) is -0.702. The van der Waals surface area contributed by atoms with Gasteiger partial charge in [0.2, 0.25) is 5.91 Å². The molecule has 0 aliphatic carbocycles. The first-order valence-electron chi connectivity index (χ1n) is 6.80. The maximum atomic E-state index is 11.6. The number of carboxylic acid groups (broad SMARTS) is 1. The molecule has 122 valence electrons. The molecule has 1 unspecified atom stereocenters. The normalized spacial score (nSPS) is 12.0. The molecule has 0 aromatic heterocycles. The Kier molecular flexibility index (Phi) is 7.34. The molecule has 0 bridgehead atoms. The predicted molar refractivity (Wildman–Crippen MR) is 80.9 cm³/mol. The molecular weight excluding hydrogens is 288 g/mol. The zero-order valence-electron chi connectivity index (χ0n) is 13.0. The lowest BCUT2D eigenvalue weighted by Gasteiger charge is -2.25. The second-order valence-electron chi connectivity index (χ2n) is 4.95. The Morgan fingerprint density at radius 1 is 1.32 bits per heavy atom. The molecule has 0 heterocycles. The van der Waals surface area contributed by atoms with E-state index in [1.807, 2.05) is 43.3 Å². The van der Waals surface area contributed by atoms with Gasteiger partial charge in [-0.3, -0.25) is 4.79 Å². The van der Waals surface area contributed by atoms with E-state index in [9.17, 15) is 9.59 Å². The van der Waals surface area contributed by atoms with Crippen LogP contribution in [-0.2, 0) is 14.3 Å². The van der Waals surface area contributed by atoms with Crippen LogP contribution in [0.1, 0.15) is 11.6 Å². The molecule has 1 atom stereocenters. The summed E-state index contributed by atoms with van der Waals surface area (Å²) in [5.41, 5.74) is 1.01. The van der Waals surface area contributed by atoms with Crippen LogP contribution in [0.2, 0.25) is 0 Å². The lowest BCUT2D eigenvalue weighted by molar-refractivity contribution is -0.143. The van der Waals surface area contributed by atoms with Gasteiger partial charge in [-0.15, -0.1) is 0 Å². The number of aliphatic carboxylic acids is 1. The molecule has 0 saturated carbocycles. The van der Waals surface area contributed by atoms with Crippen LogP contribution in [0.3, 0.4) is 0 Å². The Bertz CT molecular complexity index is 504. The highest BCUT2D eigenvalue weighted by molar-refractivity contribution is 5.77. The molecule has 0 radical (unpaired) electrons. The summed E-state index contributed by atoms with van der Waals surface area (Å²) in [6.07, 6.45) is 0. The van der Waals surface area contributed by atoms with Gasteiger partial charge >= 0.3 is 5.97 Å². The van der Waals surface area contributed by atoms with Gasteiger partial charge in [-0.2, -0.15) is 0 Å². The molecule has 1 rings (SSSR count). The van der Waals surface area contributed by atoms with E-state index in [0.717, 1.165) is 11.3 Å². The molecule has 0 aliphatic rings. The molecule has 1 amide bonds. The van der Waals surface area contributed by atoms with E-state index < -0.39 is 12.6 Å². The fourth-order valence-electron chi connectivity index (χ4n) is 1.94. The summed E-state index contributed by atoms with van der Waals surface area (Å²) in [4.78, 5) is 23.9. The van der Waals surface area contributed by atoms with Crippen LogP contribution in [0, 0.1) is 0 Å². The molecule has 22 heavy (non-hydrogen) atoms. The van der Waals surface area contributed by atoms with Gasteiger partial charge in [-0.1, -0.05) is 12.1 Å². The van der Waals surface area contributed by atoms with Gasteiger partial charge in [0, 0.05) is 6.54 Å². The van der Waals surface area contributed by atoms with Gasteiger partial charge in [0.05, 0.1) is 13.2 Å². The number of amides is 1. The lowest BCUT2D eigenvalue weighted by Crippen LogP contribution is -2.36. The molecule has 7 nitrogen and oxygen atoms in total. The minimum Gasteiger partial charge on any atom is -0.497 e. The highest BCUT2D eigenvalue weighted by atomic mass is 16.5. The van der Waals surface area contributed by atoms with Gasteiger partial charge in [-0.05, 0) is 31.8 Å². The average molecular weight is 310 g/mol. The smallest absolute Gasteiger partial charge is 0.329 e. The molecule has 1 aromatic rings. The van der Waals surface area contributed by atoms with E-state index >= 15 is 0 Å². The number of carboxylic acids is 1. The van der Waals surface area contributed by atoms with Crippen LogP contribution >= 0.6 is 0 Å². The summed E-state index contributed by atoms with van der Waals surface area (Å²) in [6, 6.07) is 7.59. The average Bonchev–Trinajstić information content (AvgIpc) is 2.47. The monoisotopic (exact) mass is 310 g/mol. The summed E-state index contributed by atoms with van der Waals surface area (Å²) in [5, 5.41) is 11.2. The number of benzene rings is 1. The van der Waals surface area contributed by atoms with Gasteiger partial charge in [0.25, 0.3) is 0 Å². The number of nitrogens with zero attached hydrogens (tertiary/aromatic N) is 1. The molecule has 1 aromatic carbocycles. The number of likely N-dealkylation sites (N-methyl/N-ethyl adjacent to an activating group) is 1. The predicted octanol–water partition coefficient (Wildman–Crippen LogP) is 0.515. The van der Waals surface area contributed by atoms with Crippen molar-refractivity contribution < 1.29 is 24.2 Å². The summed E-state index contributed by atoms with van der Waals surface area (Å²) < 4.78 is 9.95. The van der Waals surface area contributed by atoms with E-state index in [-0.39, 0.29) is 18.6 Å². The van der Waals surface area contributed by atoms with Crippen LogP contribution in [0.4, 0.5) is 0 Å². The third-order valence-electron chi connectivity index (χ3n) is 3.05. The minimum absolute atomic E-state index is 0.0291. The highest BCUT2D eigenvalue weighted by Crippen LogP contribution is 2.21. The minimum atomic E-state index is -1.10. The number of ether oxygens (including phenoxy) is 2. The number of carbonyl (C=O) groups is 2. The van der Waals surface area contributed by atoms with Crippen LogP contribution in [0.5, 0.6) is 5.75 Å². The fraction of sp³-hybridized carbons (Fsp3) is 0.467. The van der Waals surface area contributed by atoms with Crippen molar-refractivity contribution >= 4 is 11.9 Å². The molecule has 2 N–H and O–H groups in total. The van der Waals surface area contributed by atoms with E-state index in [2.05, 4.69) is 5.32 Å². The number of rotatable bonds is 9. The number of nitrogens with one attached hydrogen (secondary N) is 1. The molecule has 7 heteroatoms. The first-order chi connectivity index (χ1) is 10.4. The SMILES string of the molecule is COc1cccc(C(CNC(=O)COCC(=O)O)N(C)C)c1. The van der Waals surface area contributed by atoms with Crippen LogP contribution < -0.4 is 10.1 Å². The zero-order valence-corrected chi connectivity index (χ0v) is 13.0. The van der Waals surface area contributed by atoms with Crippen LogP contribution in [-0.4, -0.2) is 62.8 Å². The van der Waals surface area contributed by atoms with Gasteiger partial charge < -0.3 is 24.8 Å². The van der Waals surface area contributed by atoms with Crippen molar-refractivity contribution in [2.24, 2.45) is 0 Å². The maximum absolute atomic E-state index is 11.6. The number of hydrogen-bond donors (Lipinski definition) is 2. The van der Waals surface area contributed by atoms with Gasteiger partial charge in [-0.25, -0.2) is 4.79 Å². The van der Waals surface area contributed by atoms with Crippen molar-refractivity contribution in [2.45, 2.75) is 6.04 Å². The molecule has 0 fully saturated rings. The van der Waals surface area contributed by atoms with Crippen molar-refractivity contribution in [3.8, 4) is 5.75 Å². The van der Waals surface area contributed by atoms with Crippen molar-refractivity contribution in [2.75, 3.05) is 41.0 Å². The highest BCUT2D eigenvalue weighted by Gasteiger charge is 2.16. The third-order valence-corrected chi connectivity index (χ3v) is 3.05. The first kappa shape index (κ1) is 17.9. The topological polar surface area (TPSA) is 88.1 Å². The largest absolute Gasteiger partial charge is 0.497 e. The maximum Gasteiger partial charge on any atom is 0.329 e. The second-order valence-corrected chi connectivity index (χ2v) is 4.95. The summed E-state index contributed by atoms with van der Waals surface area (Å²) in [7, 11) is 5.43. The Labute approximate surface area is 129 Å². The summed E-state index contributed by atoms with van der Waals surface area (Å²) >= 11 is 0. The standard InChI is InChI=1S/C15H22N2O5/c1-17(2)13(11-5-4-6-12(7-11)21-3)8-16-14(18)9-22-10-15(19)20/h4-7,13H,8-10H2,1-3H3,(H,16,18)(H,19,20). The first-order valence-corrected chi connectivity index (χ1v) is 6.80. The van der Waals surface area contributed by atoms with E-state index in [1.54, 1.807) is 7.11 Å². The molecule has 0 spiro atoms. The second kappa shape index (κ2) is 9.01. The van der Waals surface area contributed by atoms with E-state index in [0.29, 0.717) is 6.54 Å². The zero-order chi connectivity index (χ0) is 16.5. The van der Waals surface area contributed by atoms with Crippen molar-refractivity contribution in [3.63, 3.8) is 0 Å². The number of carbonyl (C=O) groups excluding carboxylic acids is 1. The molecule has 0 aliphatic heterocycles. The van der Waals surface area contributed by atoms with Crippen molar-refractivity contribution in [1.82, 2.24) is 10.2 Å². The Balaban J connectivity index is 2.57. The van der Waals surface area contributed by atoms with E-state index in [1.165, 1.54) is 0 Å². The molecular formula is C15H22N2O5. The van der Waals surface area contributed by atoms with Gasteiger partial charge in [0.1, 0.15) is 19.0 Å². The Hall–Kier alpha value is -2.12. The Morgan fingerprint density at radius 3 is 2.64 bits per heavy atom. The summed E-state index contributed by atoms with van der Waals surface area (Å²) in [6.45, 7) is -0.375.